The number of aryl methyl sites for hydroxylation is 1. The second-order valence-corrected chi connectivity index (χ2v) is 5.50. The second kappa shape index (κ2) is 6.32. The molecular weight excluding hydrogens is 276 g/mol. The molecule has 0 bridgehead atoms. The van der Waals surface area contributed by atoms with Gasteiger partial charge in [-0.25, -0.2) is 0 Å². The van der Waals surface area contributed by atoms with Gasteiger partial charge in [-0.15, -0.1) is 0 Å². The van der Waals surface area contributed by atoms with E-state index in [2.05, 4.69) is 10.4 Å². The van der Waals surface area contributed by atoms with Gasteiger partial charge in [0.25, 0.3) is 0 Å². The molecule has 20 heavy (non-hydrogen) atoms. The molecule has 1 aromatic heterocycles. The van der Waals surface area contributed by atoms with E-state index in [4.69, 9.17) is 22.7 Å². The van der Waals surface area contributed by atoms with E-state index in [1.165, 1.54) is 0 Å². The molecule has 0 saturated heterocycles. The summed E-state index contributed by atoms with van der Waals surface area (Å²) in [6, 6.07) is 0. The van der Waals surface area contributed by atoms with Crippen molar-refractivity contribution in [1.82, 2.24) is 9.78 Å². The molecule has 1 aromatic rings. The van der Waals surface area contributed by atoms with Crippen LogP contribution in [0.15, 0.2) is 6.20 Å². The maximum absolute atomic E-state index is 12.0. The molecule has 1 fully saturated rings. The smallest absolute Gasteiger partial charge is 0.225 e. The maximum Gasteiger partial charge on any atom is 0.225 e. The second-order valence-electron chi connectivity index (χ2n) is 5.06. The number of thiocarbonyl (C=S) groups is 1. The van der Waals surface area contributed by atoms with Crippen molar-refractivity contribution in [3.8, 4) is 0 Å². The fourth-order valence-corrected chi connectivity index (χ4v) is 2.57. The Hall–Kier alpha value is -1.47. The Morgan fingerprint density at radius 2 is 2.35 bits per heavy atom. The van der Waals surface area contributed by atoms with Crippen LogP contribution in [0.2, 0.25) is 0 Å². The van der Waals surface area contributed by atoms with Crippen molar-refractivity contribution in [3.05, 3.63) is 11.8 Å². The zero-order valence-corrected chi connectivity index (χ0v) is 12.6. The number of aromatic nitrogens is 2. The monoisotopic (exact) mass is 296 g/mol. The van der Waals surface area contributed by atoms with Crippen LogP contribution in [0.3, 0.4) is 0 Å². The Balaban J connectivity index is 1.87. The van der Waals surface area contributed by atoms with E-state index in [0.29, 0.717) is 29.8 Å². The third-order valence-corrected chi connectivity index (χ3v) is 3.75. The van der Waals surface area contributed by atoms with E-state index in [1.807, 2.05) is 6.92 Å². The standard InChI is InChI=1S/C13H20N4O2S/c1-3-19-9-4-8(5-9)6-11(18)16-13-10(12(14)20)7-15-17(13)2/h7-9H,3-6H2,1-2H3,(H2,14,20)(H,16,18). The van der Waals surface area contributed by atoms with Gasteiger partial charge in [-0.3, -0.25) is 9.48 Å². The number of amides is 1. The van der Waals surface area contributed by atoms with E-state index in [-0.39, 0.29) is 10.9 Å². The number of hydrogen-bond acceptors (Lipinski definition) is 4. The van der Waals surface area contributed by atoms with Gasteiger partial charge in [-0.2, -0.15) is 5.10 Å². The third kappa shape index (κ3) is 3.34. The van der Waals surface area contributed by atoms with Gasteiger partial charge in [0.15, 0.2) is 0 Å². The predicted molar refractivity (Wildman–Crippen MR) is 80.5 cm³/mol. The van der Waals surface area contributed by atoms with Crippen molar-refractivity contribution < 1.29 is 9.53 Å². The van der Waals surface area contributed by atoms with Crippen LogP contribution < -0.4 is 11.1 Å². The van der Waals surface area contributed by atoms with Gasteiger partial charge >= 0.3 is 0 Å². The van der Waals surface area contributed by atoms with Crippen LogP contribution in [0.25, 0.3) is 0 Å². The average molecular weight is 296 g/mol. The van der Waals surface area contributed by atoms with Gasteiger partial charge < -0.3 is 15.8 Å². The third-order valence-electron chi connectivity index (χ3n) is 3.53. The van der Waals surface area contributed by atoms with E-state index in [0.717, 1.165) is 19.4 Å². The van der Waals surface area contributed by atoms with Crippen LogP contribution in [0.5, 0.6) is 0 Å². The van der Waals surface area contributed by atoms with Crippen LogP contribution in [0.4, 0.5) is 5.82 Å². The summed E-state index contributed by atoms with van der Waals surface area (Å²) in [5.41, 5.74) is 6.20. The fraction of sp³-hybridized carbons (Fsp3) is 0.615. The lowest BCUT2D eigenvalue weighted by Gasteiger charge is -2.34. The van der Waals surface area contributed by atoms with Crippen molar-refractivity contribution in [3.63, 3.8) is 0 Å². The van der Waals surface area contributed by atoms with Crippen molar-refractivity contribution in [1.29, 1.82) is 0 Å². The molecule has 110 valence electrons. The van der Waals surface area contributed by atoms with Gasteiger partial charge in [-0.05, 0) is 25.7 Å². The quantitative estimate of drug-likeness (QED) is 0.771. The summed E-state index contributed by atoms with van der Waals surface area (Å²) >= 11 is 4.94. The zero-order valence-electron chi connectivity index (χ0n) is 11.8. The Morgan fingerprint density at radius 3 is 2.95 bits per heavy atom. The van der Waals surface area contributed by atoms with Crippen LogP contribution in [0.1, 0.15) is 31.7 Å². The number of nitrogens with two attached hydrogens (primary N) is 1. The molecule has 1 saturated carbocycles. The molecule has 0 unspecified atom stereocenters. The van der Waals surface area contributed by atoms with Crippen LogP contribution in [-0.4, -0.2) is 33.4 Å². The van der Waals surface area contributed by atoms with Crippen molar-refractivity contribution in [2.75, 3.05) is 11.9 Å². The number of hydrogen-bond donors (Lipinski definition) is 2. The SMILES string of the molecule is CCOC1CC(CC(=O)Nc2c(C(N)=S)cnn2C)C1. The van der Waals surface area contributed by atoms with E-state index >= 15 is 0 Å². The largest absolute Gasteiger partial charge is 0.389 e. The van der Waals surface area contributed by atoms with E-state index < -0.39 is 0 Å². The number of anilines is 1. The maximum atomic E-state index is 12.0. The van der Waals surface area contributed by atoms with Gasteiger partial charge in [0.1, 0.15) is 10.8 Å². The molecule has 0 atom stereocenters. The normalized spacial score (nSPS) is 21.3. The topological polar surface area (TPSA) is 82.2 Å². The summed E-state index contributed by atoms with van der Waals surface area (Å²) < 4.78 is 7.05. The molecule has 3 N–H and O–H groups in total. The van der Waals surface area contributed by atoms with Crippen LogP contribution in [0, 0.1) is 5.92 Å². The molecule has 0 aliphatic heterocycles. The van der Waals surface area contributed by atoms with E-state index in [1.54, 1.807) is 17.9 Å². The Kier molecular flexibility index (Phi) is 4.72. The molecule has 6 nitrogen and oxygen atoms in total. The molecule has 0 aromatic carbocycles. The first kappa shape index (κ1) is 14.9. The molecule has 1 heterocycles. The molecule has 0 spiro atoms. The summed E-state index contributed by atoms with van der Waals surface area (Å²) in [5, 5.41) is 6.89. The average Bonchev–Trinajstić information content (AvgIpc) is 2.68. The van der Waals surface area contributed by atoms with Gasteiger partial charge in [0.2, 0.25) is 5.91 Å². The van der Waals surface area contributed by atoms with E-state index in [9.17, 15) is 4.79 Å². The van der Waals surface area contributed by atoms with Gasteiger partial charge in [0.05, 0.1) is 17.9 Å². The Morgan fingerprint density at radius 1 is 1.65 bits per heavy atom. The molecule has 1 aliphatic rings. The molecule has 1 aliphatic carbocycles. The molecular formula is C13H20N4O2S. The number of nitrogens with one attached hydrogen (secondary N) is 1. The van der Waals surface area contributed by atoms with Crippen molar-refractivity contribution in [2.24, 2.45) is 18.7 Å². The lowest BCUT2D eigenvalue weighted by atomic mass is 9.80. The molecule has 0 radical (unpaired) electrons. The number of ether oxygens (including phenoxy) is 1. The highest BCUT2D eigenvalue weighted by Gasteiger charge is 2.31. The highest BCUT2D eigenvalue weighted by molar-refractivity contribution is 7.80. The number of carbonyl (C=O) groups is 1. The number of nitrogens with zero attached hydrogens (tertiary/aromatic N) is 2. The summed E-state index contributed by atoms with van der Waals surface area (Å²) in [5.74, 6) is 0.919. The fourth-order valence-electron chi connectivity index (χ4n) is 2.42. The zero-order chi connectivity index (χ0) is 14.7. The summed E-state index contributed by atoms with van der Waals surface area (Å²) in [6.45, 7) is 2.72. The van der Waals surface area contributed by atoms with Crippen molar-refractivity contribution >= 4 is 28.9 Å². The minimum atomic E-state index is -0.0361. The van der Waals surface area contributed by atoms with Gasteiger partial charge in [0, 0.05) is 20.1 Å². The number of rotatable bonds is 6. The molecule has 1 amide bonds. The summed E-state index contributed by atoms with van der Waals surface area (Å²) in [7, 11) is 1.74. The Labute approximate surface area is 123 Å². The molecule has 2 rings (SSSR count). The summed E-state index contributed by atoms with van der Waals surface area (Å²) in [6.07, 6.45) is 4.28. The lowest BCUT2D eigenvalue weighted by Crippen LogP contribution is -2.34. The predicted octanol–water partition coefficient (Wildman–Crippen LogP) is 1.20. The van der Waals surface area contributed by atoms with Crippen LogP contribution in [-0.2, 0) is 16.6 Å². The first-order valence-corrected chi connectivity index (χ1v) is 7.15. The highest BCUT2D eigenvalue weighted by Crippen LogP contribution is 2.32. The first-order valence-electron chi connectivity index (χ1n) is 6.74. The van der Waals surface area contributed by atoms with Crippen molar-refractivity contribution in [2.45, 2.75) is 32.3 Å². The molecule has 7 heteroatoms. The lowest BCUT2D eigenvalue weighted by molar-refractivity contribution is -0.119. The van der Waals surface area contributed by atoms with Gasteiger partial charge in [-0.1, -0.05) is 12.2 Å². The minimum Gasteiger partial charge on any atom is -0.389 e. The number of carbonyl (C=O) groups excluding carboxylic acids is 1. The summed E-state index contributed by atoms with van der Waals surface area (Å²) in [4.78, 5) is 12.3. The minimum absolute atomic E-state index is 0.0361. The first-order chi connectivity index (χ1) is 9.51. The highest BCUT2D eigenvalue weighted by atomic mass is 32.1. The van der Waals surface area contributed by atoms with Crippen LogP contribution >= 0.6 is 12.2 Å². The Bertz CT molecular complexity index is 508.